The summed E-state index contributed by atoms with van der Waals surface area (Å²) in [5.41, 5.74) is 1.03. The van der Waals surface area contributed by atoms with E-state index in [1.54, 1.807) is 18.0 Å². The first-order valence-corrected chi connectivity index (χ1v) is 6.79. The summed E-state index contributed by atoms with van der Waals surface area (Å²) in [7, 11) is 0. The van der Waals surface area contributed by atoms with Crippen molar-refractivity contribution in [3.8, 4) is 0 Å². The molecule has 6 heteroatoms. The monoisotopic (exact) mass is 268 g/mol. The van der Waals surface area contributed by atoms with Gasteiger partial charge in [0.1, 0.15) is 6.04 Å². The molecule has 98 valence electrons. The molecule has 0 saturated carbocycles. The molecule has 0 aliphatic carbocycles. The number of nitrogens with zero attached hydrogens (tertiary/aromatic N) is 1. The minimum Gasteiger partial charge on any atom is -0.480 e. The zero-order valence-electron chi connectivity index (χ0n) is 9.91. The van der Waals surface area contributed by atoms with Gasteiger partial charge >= 0.3 is 5.97 Å². The standard InChI is InChI=1S/C12H16N2O3S/c15-9-14-11(12(16)17)5-8-18-7-4-10-3-1-2-6-13-10/h1-3,6,9,11H,4-5,7-8H2,(H,14,15)(H,16,17). The van der Waals surface area contributed by atoms with Crippen LogP contribution in [0.3, 0.4) is 0 Å². The molecule has 1 unspecified atom stereocenters. The van der Waals surface area contributed by atoms with Gasteiger partial charge in [0.05, 0.1) is 0 Å². The maximum Gasteiger partial charge on any atom is 0.326 e. The minimum atomic E-state index is -0.993. The van der Waals surface area contributed by atoms with Crippen LogP contribution >= 0.6 is 11.8 Å². The second-order valence-electron chi connectivity index (χ2n) is 3.65. The number of carbonyl (C=O) groups is 2. The van der Waals surface area contributed by atoms with Gasteiger partial charge in [0.25, 0.3) is 0 Å². The summed E-state index contributed by atoms with van der Waals surface area (Å²) in [6, 6.07) is 5.00. The molecule has 0 fully saturated rings. The van der Waals surface area contributed by atoms with Crippen molar-refractivity contribution in [2.24, 2.45) is 0 Å². The van der Waals surface area contributed by atoms with E-state index in [0.29, 0.717) is 18.6 Å². The number of aryl methyl sites for hydroxylation is 1. The largest absolute Gasteiger partial charge is 0.480 e. The van der Waals surface area contributed by atoms with Gasteiger partial charge < -0.3 is 10.4 Å². The van der Waals surface area contributed by atoms with E-state index in [0.717, 1.165) is 17.9 Å². The van der Waals surface area contributed by atoms with E-state index in [4.69, 9.17) is 5.11 Å². The van der Waals surface area contributed by atoms with Crippen LogP contribution in [0.1, 0.15) is 12.1 Å². The summed E-state index contributed by atoms with van der Waals surface area (Å²) < 4.78 is 0. The zero-order chi connectivity index (χ0) is 13.2. The summed E-state index contributed by atoms with van der Waals surface area (Å²) in [4.78, 5) is 25.1. The topological polar surface area (TPSA) is 79.3 Å². The summed E-state index contributed by atoms with van der Waals surface area (Å²) in [5.74, 6) is 0.599. The quantitative estimate of drug-likeness (QED) is 0.515. The van der Waals surface area contributed by atoms with E-state index < -0.39 is 12.0 Å². The Hall–Kier alpha value is -1.56. The predicted octanol–water partition coefficient (Wildman–Crippen LogP) is 0.947. The molecule has 18 heavy (non-hydrogen) atoms. The number of rotatable bonds is 9. The molecular formula is C12H16N2O3S. The van der Waals surface area contributed by atoms with E-state index in [9.17, 15) is 9.59 Å². The lowest BCUT2D eigenvalue weighted by molar-refractivity contribution is -0.140. The van der Waals surface area contributed by atoms with Gasteiger partial charge in [-0.3, -0.25) is 9.78 Å². The molecule has 5 nitrogen and oxygen atoms in total. The van der Waals surface area contributed by atoms with Gasteiger partial charge in [-0.15, -0.1) is 0 Å². The molecule has 0 saturated heterocycles. The van der Waals surface area contributed by atoms with Crippen LogP contribution in [0.4, 0.5) is 0 Å². The second kappa shape index (κ2) is 8.52. The van der Waals surface area contributed by atoms with Gasteiger partial charge in [0.15, 0.2) is 0 Å². The van der Waals surface area contributed by atoms with Gasteiger partial charge in [0.2, 0.25) is 6.41 Å². The van der Waals surface area contributed by atoms with Crippen LogP contribution in [0.25, 0.3) is 0 Å². The molecule has 2 N–H and O–H groups in total. The summed E-state index contributed by atoms with van der Waals surface area (Å²) in [6.07, 6.45) is 3.48. The molecule has 1 heterocycles. The van der Waals surface area contributed by atoms with Crippen LogP contribution in [0.15, 0.2) is 24.4 Å². The molecule has 0 spiro atoms. The number of aliphatic carboxylic acids is 1. The summed E-state index contributed by atoms with van der Waals surface area (Å²) >= 11 is 1.66. The Morgan fingerprint density at radius 2 is 2.33 bits per heavy atom. The third-order valence-corrected chi connectivity index (χ3v) is 3.36. The molecule has 0 bridgehead atoms. The van der Waals surface area contributed by atoms with Crippen molar-refractivity contribution in [3.63, 3.8) is 0 Å². The van der Waals surface area contributed by atoms with Crippen LogP contribution in [0.2, 0.25) is 0 Å². The van der Waals surface area contributed by atoms with Crippen LogP contribution in [0.5, 0.6) is 0 Å². The first-order valence-electron chi connectivity index (χ1n) is 5.64. The lowest BCUT2D eigenvalue weighted by Gasteiger charge is -2.10. The summed E-state index contributed by atoms with van der Waals surface area (Å²) in [6.45, 7) is 0. The van der Waals surface area contributed by atoms with Crippen molar-refractivity contribution < 1.29 is 14.7 Å². The van der Waals surface area contributed by atoms with Gasteiger partial charge in [-0.25, -0.2) is 4.79 Å². The van der Waals surface area contributed by atoms with E-state index in [1.165, 1.54) is 0 Å². The minimum absolute atomic E-state index is 0.428. The Balaban J connectivity index is 2.14. The number of thioether (sulfide) groups is 1. The Kier molecular flexibility index (Phi) is 6.86. The third kappa shape index (κ3) is 5.67. The van der Waals surface area contributed by atoms with Crippen molar-refractivity contribution >= 4 is 24.1 Å². The maximum absolute atomic E-state index is 10.7. The van der Waals surface area contributed by atoms with Crippen molar-refractivity contribution in [1.29, 1.82) is 0 Å². The molecule has 0 aliphatic rings. The molecule has 0 radical (unpaired) electrons. The zero-order valence-corrected chi connectivity index (χ0v) is 10.7. The molecule has 1 aromatic heterocycles. The fourth-order valence-electron chi connectivity index (χ4n) is 1.39. The molecular weight excluding hydrogens is 252 g/mol. The van der Waals surface area contributed by atoms with Crippen molar-refractivity contribution in [2.75, 3.05) is 11.5 Å². The number of carbonyl (C=O) groups excluding carboxylic acids is 1. The predicted molar refractivity (Wildman–Crippen MR) is 70.5 cm³/mol. The number of nitrogens with one attached hydrogen (secondary N) is 1. The van der Waals surface area contributed by atoms with Crippen LogP contribution in [-0.2, 0) is 16.0 Å². The smallest absolute Gasteiger partial charge is 0.326 e. The normalized spacial score (nSPS) is 11.8. The summed E-state index contributed by atoms with van der Waals surface area (Å²) in [5, 5.41) is 11.1. The lowest BCUT2D eigenvalue weighted by Crippen LogP contribution is -2.36. The van der Waals surface area contributed by atoms with Crippen LogP contribution in [-0.4, -0.2) is 40.0 Å². The highest BCUT2D eigenvalue weighted by atomic mass is 32.2. The fourth-order valence-corrected chi connectivity index (χ4v) is 2.35. The highest BCUT2D eigenvalue weighted by molar-refractivity contribution is 7.99. The number of carboxylic acids is 1. The molecule has 0 aliphatic heterocycles. The lowest BCUT2D eigenvalue weighted by atomic mass is 10.2. The van der Waals surface area contributed by atoms with Crippen LogP contribution < -0.4 is 5.32 Å². The average Bonchev–Trinajstić information content (AvgIpc) is 2.38. The molecule has 1 rings (SSSR count). The number of hydrogen-bond donors (Lipinski definition) is 2. The Bertz CT molecular complexity index is 373. The molecule has 1 atom stereocenters. The second-order valence-corrected chi connectivity index (χ2v) is 4.87. The van der Waals surface area contributed by atoms with E-state index in [2.05, 4.69) is 10.3 Å². The molecule has 1 amide bonds. The van der Waals surface area contributed by atoms with Gasteiger partial charge in [-0.1, -0.05) is 6.07 Å². The number of hydrogen-bond acceptors (Lipinski definition) is 4. The van der Waals surface area contributed by atoms with E-state index in [-0.39, 0.29) is 0 Å². The maximum atomic E-state index is 10.7. The van der Waals surface area contributed by atoms with Gasteiger partial charge in [-0.05, 0) is 36.5 Å². The van der Waals surface area contributed by atoms with Crippen molar-refractivity contribution in [2.45, 2.75) is 18.9 Å². The number of aromatic nitrogens is 1. The Morgan fingerprint density at radius 1 is 1.50 bits per heavy atom. The fraction of sp³-hybridized carbons (Fsp3) is 0.417. The Labute approximate surface area is 110 Å². The third-order valence-electron chi connectivity index (χ3n) is 2.35. The number of carboxylic acid groups (broad SMARTS) is 1. The van der Waals surface area contributed by atoms with Gasteiger partial charge in [-0.2, -0.15) is 11.8 Å². The van der Waals surface area contributed by atoms with E-state index >= 15 is 0 Å². The first-order chi connectivity index (χ1) is 8.74. The van der Waals surface area contributed by atoms with E-state index in [1.807, 2.05) is 18.2 Å². The van der Waals surface area contributed by atoms with Crippen molar-refractivity contribution in [1.82, 2.24) is 10.3 Å². The highest BCUT2D eigenvalue weighted by Gasteiger charge is 2.15. The van der Waals surface area contributed by atoms with Crippen LogP contribution in [0, 0.1) is 0 Å². The highest BCUT2D eigenvalue weighted by Crippen LogP contribution is 2.08. The molecule has 0 aromatic carbocycles. The number of amides is 1. The SMILES string of the molecule is O=CNC(CCSCCc1ccccn1)C(=O)O. The first kappa shape index (κ1) is 14.5. The number of pyridine rings is 1. The molecule has 1 aromatic rings. The Morgan fingerprint density at radius 3 is 2.94 bits per heavy atom. The average molecular weight is 268 g/mol. The van der Waals surface area contributed by atoms with Gasteiger partial charge in [0, 0.05) is 11.9 Å². The van der Waals surface area contributed by atoms with Crippen molar-refractivity contribution in [3.05, 3.63) is 30.1 Å².